The summed E-state index contributed by atoms with van der Waals surface area (Å²) in [6, 6.07) is 7.48. The van der Waals surface area contributed by atoms with E-state index < -0.39 is 0 Å². The standard InChI is InChI=1S/C13H11BrN4O2/c1-8-17-11(6-15)13(20-8)18-16-7-9-5-10(14)3-4-12(9)19-2/h3-5,7,18H,1-2H3. The number of anilines is 1. The number of halogens is 1. The van der Waals surface area contributed by atoms with Gasteiger partial charge in [-0.2, -0.15) is 10.4 Å². The molecule has 0 radical (unpaired) electrons. The van der Waals surface area contributed by atoms with E-state index >= 15 is 0 Å². The summed E-state index contributed by atoms with van der Waals surface area (Å²) >= 11 is 3.38. The van der Waals surface area contributed by atoms with Crippen molar-refractivity contribution in [1.29, 1.82) is 5.26 Å². The van der Waals surface area contributed by atoms with Crippen molar-refractivity contribution in [3.8, 4) is 11.8 Å². The molecule has 0 amide bonds. The van der Waals surface area contributed by atoms with Crippen LogP contribution in [0.3, 0.4) is 0 Å². The van der Waals surface area contributed by atoms with Gasteiger partial charge in [0.25, 0.3) is 5.88 Å². The number of nitrogens with zero attached hydrogens (tertiary/aromatic N) is 3. The molecule has 0 saturated carbocycles. The third-order valence-electron chi connectivity index (χ3n) is 2.40. The minimum Gasteiger partial charge on any atom is -0.496 e. The third-order valence-corrected chi connectivity index (χ3v) is 2.89. The minimum absolute atomic E-state index is 0.167. The number of nitrogens with one attached hydrogen (secondary N) is 1. The van der Waals surface area contributed by atoms with Crippen LogP contribution in [0.1, 0.15) is 17.1 Å². The van der Waals surface area contributed by atoms with Gasteiger partial charge in [-0.25, -0.2) is 10.4 Å². The van der Waals surface area contributed by atoms with E-state index in [1.807, 2.05) is 24.3 Å². The molecule has 0 fully saturated rings. The molecule has 1 heterocycles. The maximum atomic E-state index is 8.88. The highest BCUT2D eigenvalue weighted by Crippen LogP contribution is 2.21. The number of aryl methyl sites for hydroxylation is 1. The summed E-state index contributed by atoms with van der Waals surface area (Å²) in [6.45, 7) is 1.66. The Balaban J connectivity index is 2.18. The highest BCUT2D eigenvalue weighted by molar-refractivity contribution is 9.10. The molecular formula is C13H11BrN4O2. The van der Waals surface area contributed by atoms with Gasteiger partial charge in [0, 0.05) is 17.0 Å². The van der Waals surface area contributed by atoms with Crippen LogP contribution in [-0.4, -0.2) is 18.3 Å². The van der Waals surface area contributed by atoms with E-state index in [2.05, 4.69) is 31.4 Å². The summed E-state index contributed by atoms with van der Waals surface area (Å²) in [5.41, 5.74) is 3.60. The van der Waals surface area contributed by atoms with Crippen molar-refractivity contribution >= 4 is 28.0 Å². The SMILES string of the molecule is COc1ccc(Br)cc1C=NNc1oc(C)nc1C#N. The van der Waals surface area contributed by atoms with Gasteiger partial charge in [0.2, 0.25) is 5.69 Å². The molecule has 0 saturated heterocycles. The third kappa shape index (κ3) is 3.16. The van der Waals surface area contributed by atoms with Gasteiger partial charge in [0.15, 0.2) is 5.89 Å². The molecule has 0 atom stereocenters. The van der Waals surface area contributed by atoms with Crippen LogP contribution in [-0.2, 0) is 0 Å². The van der Waals surface area contributed by atoms with Crippen molar-refractivity contribution in [1.82, 2.24) is 4.98 Å². The zero-order valence-electron chi connectivity index (χ0n) is 10.8. The number of hydrogen-bond donors (Lipinski definition) is 1. The van der Waals surface area contributed by atoms with Crippen LogP contribution in [0.15, 0.2) is 32.2 Å². The first-order valence-corrected chi connectivity index (χ1v) is 6.43. The monoisotopic (exact) mass is 334 g/mol. The van der Waals surface area contributed by atoms with Crippen LogP contribution < -0.4 is 10.2 Å². The molecule has 1 N–H and O–H groups in total. The molecule has 0 aliphatic carbocycles. The van der Waals surface area contributed by atoms with Gasteiger partial charge in [-0.1, -0.05) is 15.9 Å². The smallest absolute Gasteiger partial charge is 0.252 e. The van der Waals surface area contributed by atoms with E-state index in [0.717, 1.165) is 10.0 Å². The Morgan fingerprint density at radius 3 is 3.05 bits per heavy atom. The molecule has 102 valence electrons. The second kappa shape index (κ2) is 6.21. The summed E-state index contributed by atoms with van der Waals surface area (Å²) in [4.78, 5) is 3.91. The molecule has 7 heteroatoms. The molecule has 0 aliphatic rings. The maximum Gasteiger partial charge on any atom is 0.252 e. The largest absolute Gasteiger partial charge is 0.496 e. The molecule has 2 aromatic rings. The lowest BCUT2D eigenvalue weighted by molar-refractivity contribution is 0.414. The Morgan fingerprint density at radius 1 is 1.55 bits per heavy atom. The first-order chi connectivity index (χ1) is 9.63. The Kier molecular flexibility index (Phi) is 4.38. The Hall–Kier alpha value is -2.33. The summed E-state index contributed by atoms with van der Waals surface area (Å²) in [5, 5.41) is 12.9. The number of hydrazone groups is 1. The minimum atomic E-state index is 0.167. The van der Waals surface area contributed by atoms with Crippen LogP contribution in [0.25, 0.3) is 0 Å². The number of benzene rings is 1. The molecule has 2 rings (SSSR count). The van der Waals surface area contributed by atoms with Crippen LogP contribution in [0.4, 0.5) is 5.88 Å². The van der Waals surface area contributed by atoms with Gasteiger partial charge in [0.1, 0.15) is 11.8 Å². The quantitative estimate of drug-likeness (QED) is 0.686. The number of hydrogen-bond acceptors (Lipinski definition) is 6. The molecule has 0 unspecified atom stereocenters. The summed E-state index contributed by atoms with van der Waals surface area (Å²) in [6.07, 6.45) is 1.57. The first kappa shape index (κ1) is 14.1. The summed E-state index contributed by atoms with van der Waals surface area (Å²) < 4.78 is 11.4. The normalized spacial score (nSPS) is 10.5. The fourth-order valence-electron chi connectivity index (χ4n) is 1.55. The fraction of sp³-hybridized carbons (Fsp3) is 0.154. The lowest BCUT2D eigenvalue weighted by Gasteiger charge is -2.04. The fourth-order valence-corrected chi connectivity index (χ4v) is 1.92. The molecule has 0 spiro atoms. The van der Waals surface area contributed by atoms with E-state index in [0.29, 0.717) is 11.6 Å². The van der Waals surface area contributed by atoms with Crippen molar-refractivity contribution in [2.75, 3.05) is 12.5 Å². The average Bonchev–Trinajstić information content (AvgIpc) is 2.79. The number of aromatic nitrogens is 1. The lowest BCUT2D eigenvalue weighted by atomic mass is 10.2. The molecule has 0 aliphatic heterocycles. The number of ether oxygens (including phenoxy) is 1. The van der Waals surface area contributed by atoms with Gasteiger partial charge >= 0.3 is 0 Å². The van der Waals surface area contributed by atoms with Crippen molar-refractivity contribution in [3.05, 3.63) is 39.8 Å². The molecule has 20 heavy (non-hydrogen) atoms. The molecule has 1 aromatic heterocycles. The summed E-state index contributed by atoms with van der Waals surface area (Å²) in [5.74, 6) is 1.31. The number of methoxy groups -OCH3 is 1. The van der Waals surface area contributed by atoms with Crippen LogP contribution >= 0.6 is 15.9 Å². The zero-order chi connectivity index (χ0) is 14.5. The molecule has 0 bridgehead atoms. The summed E-state index contributed by atoms with van der Waals surface area (Å²) in [7, 11) is 1.58. The number of oxazole rings is 1. The molecule has 6 nitrogen and oxygen atoms in total. The van der Waals surface area contributed by atoms with Crippen molar-refractivity contribution in [2.45, 2.75) is 6.92 Å². The second-order valence-corrected chi connectivity index (χ2v) is 4.69. The Bertz CT molecular complexity index is 688. The van der Waals surface area contributed by atoms with Gasteiger partial charge in [-0.3, -0.25) is 0 Å². The zero-order valence-corrected chi connectivity index (χ0v) is 12.4. The van der Waals surface area contributed by atoms with Gasteiger partial charge in [-0.15, -0.1) is 0 Å². The topological polar surface area (TPSA) is 83.4 Å². The highest BCUT2D eigenvalue weighted by atomic mass is 79.9. The van der Waals surface area contributed by atoms with E-state index in [1.165, 1.54) is 0 Å². The van der Waals surface area contributed by atoms with Crippen LogP contribution in [0, 0.1) is 18.3 Å². The van der Waals surface area contributed by atoms with Crippen LogP contribution in [0.2, 0.25) is 0 Å². The Morgan fingerprint density at radius 2 is 2.35 bits per heavy atom. The van der Waals surface area contributed by atoms with Crippen molar-refractivity contribution in [2.24, 2.45) is 5.10 Å². The predicted octanol–water partition coefficient (Wildman–Crippen LogP) is 3.07. The first-order valence-electron chi connectivity index (χ1n) is 5.64. The second-order valence-electron chi connectivity index (χ2n) is 3.78. The van der Waals surface area contributed by atoms with E-state index in [9.17, 15) is 0 Å². The van der Waals surface area contributed by atoms with E-state index in [1.54, 1.807) is 20.2 Å². The lowest BCUT2D eigenvalue weighted by Crippen LogP contribution is -1.94. The number of rotatable bonds is 4. The Labute approximate surface area is 124 Å². The van der Waals surface area contributed by atoms with Crippen molar-refractivity contribution < 1.29 is 9.15 Å². The predicted molar refractivity (Wildman–Crippen MR) is 77.9 cm³/mol. The molecule has 1 aromatic carbocycles. The maximum absolute atomic E-state index is 8.88. The average molecular weight is 335 g/mol. The van der Waals surface area contributed by atoms with Crippen molar-refractivity contribution in [3.63, 3.8) is 0 Å². The van der Waals surface area contributed by atoms with E-state index in [-0.39, 0.29) is 11.6 Å². The van der Waals surface area contributed by atoms with Crippen LogP contribution in [0.5, 0.6) is 5.75 Å². The van der Waals surface area contributed by atoms with Gasteiger partial charge in [-0.05, 0) is 18.2 Å². The molecular weight excluding hydrogens is 324 g/mol. The van der Waals surface area contributed by atoms with Gasteiger partial charge < -0.3 is 9.15 Å². The highest BCUT2D eigenvalue weighted by Gasteiger charge is 2.09. The number of nitriles is 1. The van der Waals surface area contributed by atoms with Gasteiger partial charge in [0.05, 0.1) is 13.3 Å². The van der Waals surface area contributed by atoms with E-state index in [4.69, 9.17) is 14.4 Å².